The second-order valence-corrected chi connectivity index (χ2v) is 8.97. The highest BCUT2D eigenvalue weighted by Gasteiger charge is 2.47. The van der Waals surface area contributed by atoms with Crippen LogP contribution in [0.3, 0.4) is 0 Å². The molecule has 2 aromatic heterocycles. The number of amides is 1. The minimum absolute atomic E-state index is 0.0354. The molecular formula is C23H23F2N5O. The number of hydrogen-bond acceptors (Lipinski definition) is 3. The van der Waals surface area contributed by atoms with E-state index in [1.165, 1.54) is 6.07 Å². The van der Waals surface area contributed by atoms with Crippen LogP contribution < -0.4 is 0 Å². The van der Waals surface area contributed by atoms with Crippen LogP contribution in [0.15, 0.2) is 24.4 Å². The zero-order chi connectivity index (χ0) is 21.4. The molecule has 2 bridgehead atoms. The van der Waals surface area contributed by atoms with Crippen molar-refractivity contribution in [2.75, 3.05) is 0 Å². The number of fused-ring (bicyclic) bond motifs is 4. The van der Waals surface area contributed by atoms with Gasteiger partial charge in [0.1, 0.15) is 0 Å². The summed E-state index contributed by atoms with van der Waals surface area (Å²) < 4.78 is 30.9. The largest absolute Gasteiger partial charge is 0.327 e. The van der Waals surface area contributed by atoms with E-state index in [0.29, 0.717) is 23.5 Å². The van der Waals surface area contributed by atoms with Gasteiger partial charge in [-0.05, 0) is 50.3 Å². The zero-order valence-electron chi connectivity index (χ0n) is 17.5. The lowest BCUT2D eigenvalue weighted by molar-refractivity contribution is 0.0641. The van der Waals surface area contributed by atoms with Crippen LogP contribution in [-0.2, 0) is 20.5 Å². The molecule has 2 atom stereocenters. The normalized spacial score (nSPS) is 22.1. The third-order valence-electron chi connectivity index (χ3n) is 7.04. The summed E-state index contributed by atoms with van der Waals surface area (Å²) in [5.74, 6) is -1.26. The third kappa shape index (κ3) is 2.70. The van der Waals surface area contributed by atoms with Crippen molar-refractivity contribution in [2.45, 2.75) is 50.1 Å². The summed E-state index contributed by atoms with van der Waals surface area (Å²) >= 11 is 0. The predicted molar refractivity (Wildman–Crippen MR) is 109 cm³/mol. The number of hydrogen-bond donors (Lipinski definition) is 0. The third-order valence-corrected chi connectivity index (χ3v) is 7.04. The molecule has 31 heavy (non-hydrogen) atoms. The lowest BCUT2D eigenvalue weighted by atomic mass is 9.94. The molecule has 1 saturated heterocycles. The number of carbonyl (C=O) groups is 1. The average molecular weight is 423 g/mol. The van der Waals surface area contributed by atoms with Crippen molar-refractivity contribution >= 4 is 5.91 Å². The zero-order valence-corrected chi connectivity index (χ0v) is 17.5. The number of aromatic nitrogens is 4. The minimum Gasteiger partial charge on any atom is -0.327 e. The van der Waals surface area contributed by atoms with Crippen LogP contribution >= 0.6 is 0 Å². The fourth-order valence-electron chi connectivity index (χ4n) is 5.55. The van der Waals surface area contributed by atoms with Crippen molar-refractivity contribution in [3.8, 4) is 11.3 Å². The SMILES string of the molecule is Cn1nc2c(c1-c1ccc(F)c(F)c1)CC1CCC2N1C(=O)c1cnn(C)c1C1CC1. The number of benzene rings is 1. The first-order chi connectivity index (χ1) is 14.9. The van der Waals surface area contributed by atoms with E-state index in [-0.39, 0.29) is 18.0 Å². The van der Waals surface area contributed by atoms with E-state index < -0.39 is 11.6 Å². The van der Waals surface area contributed by atoms with Crippen LogP contribution in [-0.4, -0.2) is 36.4 Å². The van der Waals surface area contributed by atoms with Crippen LogP contribution in [0.1, 0.15) is 65.0 Å². The molecule has 1 aromatic carbocycles. The van der Waals surface area contributed by atoms with Gasteiger partial charge in [-0.25, -0.2) is 8.78 Å². The van der Waals surface area contributed by atoms with Gasteiger partial charge >= 0.3 is 0 Å². The van der Waals surface area contributed by atoms with Crippen molar-refractivity contribution in [1.82, 2.24) is 24.5 Å². The van der Waals surface area contributed by atoms with Gasteiger partial charge in [-0.1, -0.05) is 0 Å². The smallest absolute Gasteiger partial charge is 0.258 e. The maximum Gasteiger partial charge on any atom is 0.258 e. The van der Waals surface area contributed by atoms with Gasteiger partial charge in [0.15, 0.2) is 11.6 Å². The first-order valence-corrected chi connectivity index (χ1v) is 10.8. The Bertz CT molecular complexity index is 1230. The molecule has 6 rings (SSSR count). The van der Waals surface area contributed by atoms with E-state index in [9.17, 15) is 13.6 Å². The van der Waals surface area contributed by atoms with Gasteiger partial charge in [-0.3, -0.25) is 14.2 Å². The standard InChI is InChI=1S/C23H23F2N5O/c1-28-21(12-3-4-12)16(11-26-28)23(31)30-14-6-8-19(30)20-15(10-14)22(29(2)27-20)13-5-7-17(24)18(25)9-13/h5,7,9,11-12,14,19H,3-4,6,8,10H2,1-2H3. The van der Waals surface area contributed by atoms with Gasteiger partial charge in [0.25, 0.3) is 5.91 Å². The average Bonchev–Trinajstić information content (AvgIpc) is 3.30. The van der Waals surface area contributed by atoms with E-state index in [4.69, 9.17) is 5.10 Å². The Hall–Kier alpha value is -3.03. The monoisotopic (exact) mass is 423 g/mol. The maximum atomic E-state index is 13.9. The summed E-state index contributed by atoms with van der Waals surface area (Å²) in [7, 11) is 3.72. The van der Waals surface area contributed by atoms with Crippen LogP contribution in [0.5, 0.6) is 0 Å². The molecule has 0 N–H and O–H groups in total. The van der Waals surface area contributed by atoms with Crippen molar-refractivity contribution < 1.29 is 13.6 Å². The van der Waals surface area contributed by atoms with E-state index in [1.807, 2.05) is 23.7 Å². The second kappa shape index (κ2) is 6.48. The Labute approximate surface area is 178 Å². The van der Waals surface area contributed by atoms with Gasteiger partial charge in [0.05, 0.1) is 34.9 Å². The van der Waals surface area contributed by atoms with Gasteiger partial charge in [0, 0.05) is 37.2 Å². The van der Waals surface area contributed by atoms with Crippen molar-refractivity contribution in [3.05, 3.63) is 58.5 Å². The fourth-order valence-corrected chi connectivity index (χ4v) is 5.55. The van der Waals surface area contributed by atoms with E-state index in [2.05, 4.69) is 5.10 Å². The predicted octanol–water partition coefficient (Wildman–Crippen LogP) is 3.88. The number of rotatable bonds is 3. The Morgan fingerprint density at radius 3 is 2.61 bits per heavy atom. The van der Waals surface area contributed by atoms with Crippen molar-refractivity contribution in [1.29, 1.82) is 0 Å². The molecule has 2 fully saturated rings. The molecule has 4 heterocycles. The summed E-state index contributed by atoms with van der Waals surface area (Å²) in [6, 6.07) is 3.94. The molecule has 6 nitrogen and oxygen atoms in total. The highest BCUT2D eigenvalue weighted by atomic mass is 19.2. The molecule has 3 aromatic rings. The molecule has 8 heteroatoms. The molecule has 0 spiro atoms. The van der Waals surface area contributed by atoms with Crippen molar-refractivity contribution in [3.63, 3.8) is 0 Å². The van der Waals surface area contributed by atoms with Gasteiger partial charge in [-0.2, -0.15) is 10.2 Å². The highest BCUT2D eigenvalue weighted by molar-refractivity contribution is 5.96. The molecular weight excluding hydrogens is 400 g/mol. The maximum absolute atomic E-state index is 13.9. The number of aryl methyl sites for hydroxylation is 2. The molecule has 0 radical (unpaired) electrons. The van der Waals surface area contributed by atoms with Gasteiger partial charge in [-0.15, -0.1) is 0 Å². The lowest BCUT2D eigenvalue weighted by Crippen LogP contribution is -2.42. The topological polar surface area (TPSA) is 56.0 Å². The second-order valence-electron chi connectivity index (χ2n) is 8.97. The Balaban J connectivity index is 1.40. The molecule has 1 saturated carbocycles. The summed E-state index contributed by atoms with van der Waals surface area (Å²) in [6.45, 7) is 0. The van der Waals surface area contributed by atoms with Gasteiger partial charge < -0.3 is 4.90 Å². The summed E-state index contributed by atoms with van der Waals surface area (Å²) in [6.07, 6.45) is 6.35. The first kappa shape index (κ1) is 18.7. The van der Waals surface area contributed by atoms with Gasteiger partial charge in [0.2, 0.25) is 0 Å². The number of nitrogens with zero attached hydrogens (tertiary/aromatic N) is 5. The fraction of sp³-hybridized carbons (Fsp3) is 0.435. The molecule has 160 valence electrons. The molecule has 1 amide bonds. The Morgan fingerprint density at radius 1 is 1.06 bits per heavy atom. The Kier molecular flexibility index (Phi) is 3.91. The summed E-state index contributed by atoms with van der Waals surface area (Å²) in [5.41, 5.74) is 5.08. The summed E-state index contributed by atoms with van der Waals surface area (Å²) in [5, 5.41) is 9.11. The van der Waals surface area contributed by atoms with E-state index in [0.717, 1.165) is 54.4 Å². The lowest BCUT2D eigenvalue weighted by Gasteiger charge is -2.34. The molecule has 3 aliphatic rings. The quantitative estimate of drug-likeness (QED) is 0.643. The minimum atomic E-state index is -0.868. The van der Waals surface area contributed by atoms with Crippen LogP contribution in [0, 0.1) is 11.6 Å². The summed E-state index contributed by atoms with van der Waals surface area (Å²) in [4.78, 5) is 15.6. The molecule has 2 unspecified atom stereocenters. The van der Waals surface area contributed by atoms with Crippen LogP contribution in [0.2, 0.25) is 0 Å². The van der Waals surface area contributed by atoms with Crippen LogP contribution in [0.4, 0.5) is 8.78 Å². The number of carbonyl (C=O) groups excluding carboxylic acids is 1. The van der Waals surface area contributed by atoms with E-state index >= 15 is 0 Å². The van der Waals surface area contributed by atoms with Crippen molar-refractivity contribution in [2.24, 2.45) is 14.1 Å². The molecule has 2 aliphatic heterocycles. The molecule has 1 aliphatic carbocycles. The van der Waals surface area contributed by atoms with Crippen LogP contribution in [0.25, 0.3) is 11.3 Å². The number of halogens is 2. The first-order valence-electron chi connectivity index (χ1n) is 10.8. The Morgan fingerprint density at radius 2 is 1.87 bits per heavy atom. The van der Waals surface area contributed by atoms with E-state index in [1.54, 1.807) is 16.9 Å². The highest BCUT2D eigenvalue weighted by Crippen LogP contribution is 2.48.